The van der Waals surface area contributed by atoms with Crippen molar-refractivity contribution in [2.24, 2.45) is 5.92 Å². The molecule has 3 heterocycles. The Morgan fingerprint density at radius 1 is 1.43 bits per heavy atom. The lowest BCUT2D eigenvalue weighted by Gasteiger charge is -2.25. The molecule has 0 radical (unpaired) electrons. The number of rotatable bonds is 5. The number of hydrogen-bond donors (Lipinski definition) is 2. The van der Waals surface area contributed by atoms with Crippen LogP contribution < -0.4 is 10.2 Å². The molecule has 0 bridgehead atoms. The third kappa shape index (κ3) is 4.39. The third-order valence-corrected chi connectivity index (χ3v) is 4.64. The predicted molar refractivity (Wildman–Crippen MR) is 85.0 cm³/mol. The molecule has 2 aliphatic heterocycles. The molecular weight excluding hydrogens is 296 g/mol. The van der Waals surface area contributed by atoms with Gasteiger partial charge in [-0.15, -0.1) is 0 Å². The van der Waals surface area contributed by atoms with Crippen LogP contribution in [-0.2, 0) is 9.53 Å². The van der Waals surface area contributed by atoms with E-state index in [1.54, 1.807) is 18.6 Å². The van der Waals surface area contributed by atoms with Gasteiger partial charge in [0.05, 0.1) is 6.20 Å². The standard InChI is InChI=1S/C16H24N4O3/c21-15(9-13-1-7-23-8-2-13)19-11-16(22)3-6-20(12-16)14-10-17-4-5-18-14/h4-5,10,13,22H,1-3,6-9,11-12H2,(H,19,21)/t16-/m0/s1. The van der Waals surface area contributed by atoms with Crippen LogP contribution in [0.5, 0.6) is 0 Å². The van der Waals surface area contributed by atoms with Crippen molar-refractivity contribution in [3.63, 3.8) is 0 Å². The number of β-amino-alcohol motifs (C(OH)–C–C–N with tert-alkyl or cyclic N) is 1. The summed E-state index contributed by atoms with van der Waals surface area (Å²) >= 11 is 0. The highest BCUT2D eigenvalue weighted by Crippen LogP contribution is 2.24. The highest BCUT2D eigenvalue weighted by molar-refractivity contribution is 5.76. The first-order chi connectivity index (χ1) is 11.1. The lowest BCUT2D eigenvalue weighted by atomic mass is 9.96. The Morgan fingerprint density at radius 2 is 2.26 bits per heavy atom. The minimum absolute atomic E-state index is 0.0169. The number of carbonyl (C=O) groups excluding carboxylic acids is 1. The molecule has 2 saturated heterocycles. The molecule has 3 rings (SSSR count). The van der Waals surface area contributed by atoms with Crippen molar-refractivity contribution >= 4 is 11.7 Å². The van der Waals surface area contributed by atoms with E-state index in [4.69, 9.17) is 4.74 Å². The van der Waals surface area contributed by atoms with Crippen molar-refractivity contribution in [1.82, 2.24) is 15.3 Å². The summed E-state index contributed by atoms with van der Waals surface area (Å²) in [5.41, 5.74) is -0.900. The van der Waals surface area contributed by atoms with Gasteiger partial charge in [-0.25, -0.2) is 4.98 Å². The van der Waals surface area contributed by atoms with Gasteiger partial charge in [-0.1, -0.05) is 0 Å². The molecule has 23 heavy (non-hydrogen) atoms. The predicted octanol–water partition coefficient (Wildman–Crippen LogP) is 0.351. The van der Waals surface area contributed by atoms with Gasteiger partial charge in [0.15, 0.2) is 0 Å². The second-order valence-electron chi connectivity index (χ2n) is 6.50. The molecule has 126 valence electrons. The summed E-state index contributed by atoms with van der Waals surface area (Å²) in [4.78, 5) is 22.4. The molecule has 1 aromatic rings. The van der Waals surface area contributed by atoms with E-state index in [-0.39, 0.29) is 12.5 Å². The van der Waals surface area contributed by atoms with Crippen LogP contribution >= 0.6 is 0 Å². The van der Waals surface area contributed by atoms with Gasteiger partial charge in [-0.3, -0.25) is 9.78 Å². The van der Waals surface area contributed by atoms with Crippen molar-refractivity contribution in [3.8, 4) is 0 Å². The smallest absolute Gasteiger partial charge is 0.220 e. The van der Waals surface area contributed by atoms with E-state index < -0.39 is 5.60 Å². The largest absolute Gasteiger partial charge is 0.386 e. The quantitative estimate of drug-likeness (QED) is 0.814. The second kappa shape index (κ2) is 7.23. The van der Waals surface area contributed by atoms with Crippen LogP contribution in [-0.4, -0.2) is 59.4 Å². The fourth-order valence-corrected chi connectivity index (χ4v) is 3.20. The van der Waals surface area contributed by atoms with Crippen LogP contribution in [0, 0.1) is 5.92 Å². The van der Waals surface area contributed by atoms with Crippen molar-refractivity contribution in [2.45, 2.75) is 31.3 Å². The van der Waals surface area contributed by atoms with Crippen LogP contribution in [0.4, 0.5) is 5.82 Å². The molecule has 1 amide bonds. The summed E-state index contributed by atoms with van der Waals surface area (Å²) in [6.45, 7) is 2.95. The first kappa shape index (κ1) is 16.1. The monoisotopic (exact) mass is 320 g/mol. The van der Waals surface area contributed by atoms with Crippen molar-refractivity contribution in [3.05, 3.63) is 18.6 Å². The molecule has 1 atom stereocenters. The maximum Gasteiger partial charge on any atom is 0.220 e. The zero-order valence-electron chi connectivity index (χ0n) is 13.3. The van der Waals surface area contributed by atoms with Crippen LogP contribution in [0.2, 0.25) is 0 Å². The van der Waals surface area contributed by atoms with Gasteiger partial charge in [-0.05, 0) is 25.2 Å². The number of aliphatic hydroxyl groups is 1. The highest BCUT2D eigenvalue weighted by atomic mass is 16.5. The Morgan fingerprint density at radius 3 is 3.00 bits per heavy atom. The van der Waals surface area contributed by atoms with Gasteiger partial charge < -0.3 is 20.1 Å². The zero-order chi connectivity index (χ0) is 16.1. The Bertz CT molecular complexity index is 521. The van der Waals surface area contributed by atoms with Crippen molar-refractivity contribution in [1.29, 1.82) is 0 Å². The molecule has 0 unspecified atom stereocenters. The van der Waals surface area contributed by atoms with Crippen LogP contribution in [0.25, 0.3) is 0 Å². The average Bonchev–Trinajstić information content (AvgIpc) is 2.98. The van der Waals surface area contributed by atoms with Gasteiger partial charge in [0, 0.05) is 51.7 Å². The van der Waals surface area contributed by atoms with E-state index in [2.05, 4.69) is 15.3 Å². The van der Waals surface area contributed by atoms with E-state index in [0.29, 0.717) is 31.8 Å². The van der Waals surface area contributed by atoms with E-state index in [1.807, 2.05) is 4.90 Å². The minimum Gasteiger partial charge on any atom is -0.386 e. The van der Waals surface area contributed by atoms with E-state index >= 15 is 0 Å². The van der Waals surface area contributed by atoms with E-state index in [1.165, 1.54) is 0 Å². The number of nitrogens with one attached hydrogen (secondary N) is 1. The van der Waals surface area contributed by atoms with Crippen molar-refractivity contribution < 1.29 is 14.6 Å². The average molecular weight is 320 g/mol. The fourth-order valence-electron chi connectivity index (χ4n) is 3.20. The lowest BCUT2D eigenvalue weighted by molar-refractivity contribution is -0.123. The Hall–Kier alpha value is -1.73. The number of aromatic nitrogens is 2. The molecular formula is C16H24N4O3. The third-order valence-electron chi connectivity index (χ3n) is 4.64. The highest BCUT2D eigenvalue weighted by Gasteiger charge is 2.37. The van der Waals surface area contributed by atoms with Crippen LogP contribution in [0.15, 0.2) is 18.6 Å². The first-order valence-corrected chi connectivity index (χ1v) is 8.22. The van der Waals surface area contributed by atoms with Gasteiger partial charge in [0.25, 0.3) is 0 Å². The molecule has 7 heteroatoms. The van der Waals surface area contributed by atoms with Crippen molar-refractivity contribution in [2.75, 3.05) is 37.7 Å². The van der Waals surface area contributed by atoms with Gasteiger partial charge in [-0.2, -0.15) is 0 Å². The summed E-state index contributed by atoms with van der Waals surface area (Å²) in [6, 6.07) is 0. The topological polar surface area (TPSA) is 87.6 Å². The number of hydrogen-bond acceptors (Lipinski definition) is 6. The first-order valence-electron chi connectivity index (χ1n) is 8.22. The minimum atomic E-state index is -0.900. The lowest BCUT2D eigenvalue weighted by Crippen LogP contribution is -2.45. The summed E-state index contributed by atoms with van der Waals surface area (Å²) in [5, 5.41) is 13.5. The molecule has 1 aromatic heterocycles. The molecule has 0 saturated carbocycles. The fraction of sp³-hybridized carbons (Fsp3) is 0.688. The number of anilines is 1. The molecule has 2 fully saturated rings. The molecule has 7 nitrogen and oxygen atoms in total. The van der Waals surface area contributed by atoms with Gasteiger partial charge in [0.1, 0.15) is 11.4 Å². The maximum atomic E-state index is 12.1. The molecule has 0 aromatic carbocycles. The van der Waals surface area contributed by atoms with E-state index in [9.17, 15) is 9.90 Å². The van der Waals surface area contributed by atoms with Gasteiger partial charge in [0.2, 0.25) is 5.91 Å². The van der Waals surface area contributed by atoms with Crippen LogP contribution in [0.1, 0.15) is 25.7 Å². The molecule has 2 N–H and O–H groups in total. The maximum absolute atomic E-state index is 12.1. The SMILES string of the molecule is O=C(CC1CCOCC1)NC[C@@]1(O)CCN(c2cnccn2)C1. The number of carbonyl (C=O) groups is 1. The molecule has 0 aliphatic carbocycles. The van der Waals surface area contributed by atoms with E-state index in [0.717, 1.165) is 31.9 Å². The number of amides is 1. The number of ether oxygens (including phenoxy) is 1. The Balaban J connectivity index is 1.45. The summed E-state index contributed by atoms with van der Waals surface area (Å²) in [7, 11) is 0. The zero-order valence-corrected chi connectivity index (χ0v) is 13.3. The summed E-state index contributed by atoms with van der Waals surface area (Å²) in [6.07, 6.45) is 7.98. The Kier molecular flexibility index (Phi) is 5.07. The summed E-state index contributed by atoms with van der Waals surface area (Å²) < 4.78 is 5.30. The number of nitrogens with zero attached hydrogens (tertiary/aromatic N) is 3. The summed E-state index contributed by atoms with van der Waals surface area (Å²) in [5.74, 6) is 1.18. The second-order valence-corrected chi connectivity index (χ2v) is 6.50. The molecule has 2 aliphatic rings. The Labute approximate surface area is 136 Å². The molecule has 0 spiro atoms. The normalized spacial score (nSPS) is 25.5. The van der Waals surface area contributed by atoms with Crippen LogP contribution in [0.3, 0.4) is 0 Å². The van der Waals surface area contributed by atoms with Gasteiger partial charge >= 0.3 is 0 Å².